The zero-order chi connectivity index (χ0) is 12.0. The minimum absolute atomic E-state index is 0. The van der Waals surface area contributed by atoms with Crippen molar-refractivity contribution < 1.29 is 51.4 Å². The van der Waals surface area contributed by atoms with Crippen LogP contribution in [0.4, 0.5) is 0 Å². The molecule has 3 nitrogen and oxygen atoms in total. The summed E-state index contributed by atoms with van der Waals surface area (Å²) in [5.41, 5.74) is 3.13. The molecule has 0 aliphatic heterocycles. The Morgan fingerprint density at radius 3 is 2.71 bits per heavy atom. The number of hydrogen-bond acceptors (Lipinski definition) is 3. The minimum atomic E-state index is 0. The van der Waals surface area contributed by atoms with E-state index >= 15 is 0 Å². The summed E-state index contributed by atoms with van der Waals surface area (Å²) in [6.07, 6.45) is 2.57. The van der Waals surface area contributed by atoms with Crippen LogP contribution >= 0.6 is 11.3 Å². The van der Waals surface area contributed by atoms with E-state index in [-0.39, 0.29) is 63.0 Å². The van der Waals surface area contributed by atoms with Gasteiger partial charge in [0.25, 0.3) is 0 Å². The van der Waals surface area contributed by atoms with Gasteiger partial charge in [0.2, 0.25) is 0 Å². The van der Waals surface area contributed by atoms with Gasteiger partial charge >= 0.3 is 51.4 Å². The van der Waals surface area contributed by atoms with Gasteiger partial charge in [-0.05, 0) is 18.9 Å². The molecule has 0 saturated carbocycles. The average Bonchev–Trinajstić information content (AvgIpc) is 2.71. The van der Waals surface area contributed by atoms with Gasteiger partial charge in [0, 0.05) is 11.1 Å². The van der Waals surface area contributed by atoms with Gasteiger partial charge in [-0.2, -0.15) is 0 Å². The zero-order valence-electron chi connectivity index (χ0n) is 11.7. The van der Waals surface area contributed by atoms with Gasteiger partial charge in [0.15, 0.2) is 0 Å². The maximum atomic E-state index is 4.71. The van der Waals surface area contributed by atoms with Crippen LogP contribution in [0, 0.1) is 5.41 Å². The van der Waals surface area contributed by atoms with Crippen molar-refractivity contribution in [2.45, 2.75) is 46.3 Å². The van der Waals surface area contributed by atoms with Gasteiger partial charge in [-0.25, -0.2) is 0 Å². The van der Waals surface area contributed by atoms with Crippen molar-refractivity contribution in [3.63, 3.8) is 0 Å². The molecular weight excluding hydrogens is 257 g/mol. The number of nitrogens with zero attached hydrogens (tertiary/aromatic N) is 2. The summed E-state index contributed by atoms with van der Waals surface area (Å²) in [7, 11) is 1.98. The first-order chi connectivity index (χ1) is 7.60. The molecule has 0 saturated heterocycles. The largest absolute Gasteiger partial charge is 1.00 e. The minimum Gasteiger partial charge on any atom is -0.642 e. The predicted octanol–water partition coefficient (Wildman–Crippen LogP) is 0.393. The van der Waals surface area contributed by atoms with E-state index in [0.717, 1.165) is 5.69 Å². The van der Waals surface area contributed by atoms with E-state index in [2.05, 4.69) is 36.5 Å². The number of rotatable bonds is 7. The molecule has 0 aliphatic carbocycles. The van der Waals surface area contributed by atoms with E-state index in [9.17, 15) is 0 Å². The van der Waals surface area contributed by atoms with Crippen molar-refractivity contribution in [3.05, 3.63) is 21.9 Å². The Bertz CT molecular complexity index is 288. The summed E-state index contributed by atoms with van der Waals surface area (Å²) >= 11 is 1.63. The van der Waals surface area contributed by atoms with Gasteiger partial charge in [0.05, 0.1) is 5.51 Å². The van der Waals surface area contributed by atoms with E-state index in [1.807, 2.05) is 12.6 Å². The van der Waals surface area contributed by atoms with Crippen LogP contribution in [-0.2, 0) is 6.54 Å². The molecule has 0 radical (unpaired) electrons. The summed E-state index contributed by atoms with van der Waals surface area (Å²) in [4.78, 5) is 4.25. The van der Waals surface area contributed by atoms with Crippen molar-refractivity contribution >= 4 is 11.3 Å². The topological polar surface area (TPSA) is 39.0 Å². The Kier molecular flexibility index (Phi) is 9.79. The average molecular weight is 279 g/mol. The predicted molar refractivity (Wildman–Crippen MR) is 70.7 cm³/mol. The first kappa shape index (κ1) is 18.2. The van der Waals surface area contributed by atoms with Crippen molar-refractivity contribution in [1.82, 2.24) is 10.3 Å². The third-order valence-corrected chi connectivity index (χ3v) is 3.46. The molecule has 1 heterocycles. The summed E-state index contributed by atoms with van der Waals surface area (Å²) in [6, 6.07) is 0. The fourth-order valence-electron chi connectivity index (χ4n) is 2.01. The Morgan fingerprint density at radius 2 is 2.24 bits per heavy atom. The monoisotopic (exact) mass is 279 g/mol. The fourth-order valence-corrected chi connectivity index (χ4v) is 2.56. The molecule has 0 bridgehead atoms. The van der Waals surface area contributed by atoms with Gasteiger partial charge in [-0.1, -0.05) is 33.4 Å². The van der Waals surface area contributed by atoms with Gasteiger partial charge in [-0.3, -0.25) is 4.98 Å². The van der Waals surface area contributed by atoms with Crippen molar-refractivity contribution in [2.75, 3.05) is 7.05 Å². The van der Waals surface area contributed by atoms with Crippen LogP contribution in [0.15, 0.2) is 10.9 Å². The second kappa shape index (κ2) is 9.15. The van der Waals surface area contributed by atoms with Crippen LogP contribution in [0.5, 0.6) is 0 Å². The third-order valence-electron chi connectivity index (χ3n) is 2.83. The van der Waals surface area contributed by atoms with Crippen molar-refractivity contribution in [2.24, 2.45) is 5.41 Å². The molecule has 0 spiro atoms. The molecule has 5 heteroatoms. The molecule has 1 rings (SSSR count). The Labute approximate surface area is 152 Å². The van der Waals surface area contributed by atoms with Crippen LogP contribution < -0.4 is 56.7 Å². The number of nitrogens with one attached hydrogen (secondary N) is 1. The van der Waals surface area contributed by atoms with E-state index in [4.69, 9.17) is 5.32 Å². The van der Waals surface area contributed by atoms with E-state index in [0.29, 0.717) is 6.54 Å². The first-order valence-electron chi connectivity index (χ1n) is 5.81. The quantitative estimate of drug-likeness (QED) is 0.734. The molecule has 92 valence electrons. The molecule has 0 aromatic carbocycles. The van der Waals surface area contributed by atoms with Crippen LogP contribution in [0.25, 0.3) is 5.32 Å². The Hall–Kier alpha value is 1.19. The Balaban J connectivity index is 0.00000256. The normalized spacial score (nSPS) is 13.2. The molecule has 0 fully saturated rings. The molecule has 1 aromatic rings. The SMILES string of the molecule is CCCC(C)(C)C([N-]Cc1cscn1)NC.[K+]. The number of hydrogen-bond donors (Lipinski definition) is 1. The fraction of sp³-hybridized carbons (Fsp3) is 0.750. The van der Waals surface area contributed by atoms with Gasteiger partial charge < -0.3 is 10.6 Å². The summed E-state index contributed by atoms with van der Waals surface area (Å²) in [5.74, 6) is 0. The van der Waals surface area contributed by atoms with Crippen LogP contribution in [-0.4, -0.2) is 18.2 Å². The van der Waals surface area contributed by atoms with E-state index < -0.39 is 0 Å². The third kappa shape index (κ3) is 6.25. The zero-order valence-corrected chi connectivity index (χ0v) is 15.6. The smallest absolute Gasteiger partial charge is 0.642 e. The second-order valence-corrected chi connectivity index (χ2v) is 5.47. The standard InChI is InChI=1S/C12H22N3S.K/c1-5-6-12(2,3)11(13-4)14-7-10-8-16-9-15-10;/h8-9,11,13H,5-7H2,1-4H3;/q-1;+1. The maximum Gasteiger partial charge on any atom is 1.00 e. The van der Waals surface area contributed by atoms with Gasteiger partial charge in [0.1, 0.15) is 0 Å². The summed E-state index contributed by atoms with van der Waals surface area (Å²) < 4.78 is 0. The molecule has 1 N–H and O–H groups in total. The van der Waals surface area contributed by atoms with Gasteiger partial charge in [-0.15, -0.1) is 17.9 Å². The molecule has 1 unspecified atom stereocenters. The summed E-state index contributed by atoms with van der Waals surface area (Å²) in [5, 5.41) is 10.1. The Morgan fingerprint density at radius 1 is 1.53 bits per heavy atom. The van der Waals surface area contributed by atoms with E-state index in [1.54, 1.807) is 11.3 Å². The van der Waals surface area contributed by atoms with Crippen LogP contribution in [0.2, 0.25) is 0 Å². The molecular formula is C12H22KN3S. The molecule has 17 heavy (non-hydrogen) atoms. The first-order valence-corrected chi connectivity index (χ1v) is 6.75. The molecule has 0 aliphatic rings. The number of thiazole rings is 1. The molecule has 1 aromatic heterocycles. The molecule has 0 amide bonds. The van der Waals surface area contributed by atoms with Crippen molar-refractivity contribution in [1.29, 1.82) is 0 Å². The summed E-state index contributed by atoms with van der Waals surface area (Å²) in [6.45, 7) is 7.46. The number of aromatic nitrogens is 1. The van der Waals surface area contributed by atoms with Crippen LogP contribution in [0.1, 0.15) is 39.3 Å². The van der Waals surface area contributed by atoms with E-state index in [1.165, 1.54) is 12.8 Å². The van der Waals surface area contributed by atoms with Crippen LogP contribution in [0.3, 0.4) is 0 Å². The maximum absolute atomic E-state index is 4.71. The second-order valence-electron chi connectivity index (χ2n) is 4.75. The van der Waals surface area contributed by atoms with Crippen molar-refractivity contribution in [3.8, 4) is 0 Å². The molecule has 1 atom stereocenters.